The first kappa shape index (κ1) is 22.9. The lowest BCUT2D eigenvalue weighted by Crippen LogP contribution is -2.38. The molecule has 1 aliphatic heterocycles. The van der Waals surface area contributed by atoms with Crippen LogP contribution in [0, 0.1) is 5.92 Å². The van der Waals surface area contributed by atoms with Gasteiger partial charge in [0.25, 0.3) is 0 Å². The predicted molar refractivity (Wildman–Crippen MR) is 123 cm³/mol. The second kappa shape index (κ2) is 11.6. The number of ether oxygens (including phenoxy) is 1. The van der Waals surface area contributed by atoms with Crippen molar-refractivity contribution in [2.24, 2.45) is 11.7 Å². The van der Waals surface area contributed by atoms with Gasteiger partial charge in [0, 0.05) is 16.0 Å². The first-order valence-electron chi connectivity index (χ1n) is 10.7. The molecule has 1 saturated heterocycles. The molecule has 2 N–H and O–H groups in total. The molecule has 4 nitrogen and oxygen atoms in total. The van der Waals surface area contributed by atoms with E-state index in [9.17, 15) is 4.79 Å². The lowest BCUT2D eigenvalue weighted by molar-refractivity contribution is -0.123. The van der Waals surface area contributed by atoms with Crippen molar-refractivity contribution in [3.8, 4) is 5.75 Å². The third kappa shape index (κ3) is 6.90. The number of benzene rings is 2. The Balaban J connectivity index is 1.39. The van der Waals surface area contributed by atoms with Crippen LogP contribution in [0.3, 0.4) is 0 Å². The molecule has 1 heterocycles. The Hall–Kier alpha value is -1.75. The van der Waals surface area contributed by atoms with Crippen molar-refractivity contribution in [3.63, 3.8) is 0 Å². The monoisotopic (exact) mass is 448 g/mol. The highest BCUT2D eigenvalue weighted by Gasteiger charge is 2.22. The lowest BCUT2D eigenvalue weighted by atomic mass is 9.96. The number of nitrogens with two attached hydrogens (primary N) is 1. The summed E-state index contributed by atoms with van der Waals surface area (Å²) in [5, 5.41) is 1.37. The summed E-state index contributed by atoms with van der Waals surface area (Å²) in [7, 11) is 0. The van der Waals surface area contributed by atoms with E-state index < -0.39 is 0 Å². The number of primary amides is 1. The van der Waals surface area contributed by atoms with E-state index >= 15 is 0 Å². The van der Waals surface area contributed by atoms with E-state index in [1.54, 1.807) is 6.07 Å². The standard InChI is InChI=1S/C24H30Cl2N2O2/c25-21-10-9-18(22(26)17-21)7-8-19-5-1-2-6-23(19)30-16-4-3-13-28-14-11-20(12-15-28)24(27)29/h1-2,5-6,9-10,17,20H,3-4,7-8,11-16H2,(H2,27,29). The normalized spacial score (nSPS) is 15.3. The number of carbonyl (C=O) groups excluding carboxylic acids is 1. The molecule has 2 aromatic rings. The number of hydrogen-bond acceptors (Lipinski definition) is 3. The Morgan fingerprint density at radius 1 is 1.03 bits per heavy atom. The topological polar surface area (TPSA) is 55.6 Å². The number of para-hydroxylation sites is 1. The number of unbranched alkanes of at least 4 members (excludes halogenated alkanes) is 1. The molecular weight excluding hydrogens is 419 g/mol. The fourth-order valence-electron chi connectivity index (χ4n) is 3.91. The van der Waals surface area contributed by atoms with Crippen LogP contribution in [0.1, 0.15) is 36.8 Å². The number of piperidine rings is 1. The Morgan fingerprint density at radius 3 is 2.50 bits per heavy atom. The van der Waals surface area contributed by atoms with Crippen LogP contribution in [0.5, 0.6) is 5.75 Å². The average molecular weight is 449 g/mol. The number of nitrogens with zero attached hydrogens (tertiary/aromatic N) is 1. The molecule has 2 aromatic carbocycles. The number of aryl methyl sites for hydroxylation is 2. The van der Waals surface area contributed by atoms with Gasteiger partial charge in [-0.2, -0.15) is 0 Å². The van der Waals surface area contributed by atoms with Crippen molar-refractivity contribution in [2.75, 3.05) is 26.2 Å². The fraction of sp³-hybridized carbons (Fsp3) is 0.458. The van der Waals surface area contributed by atoms with Crippen LogP contribution >= 0.6 is 23.2 Å². The van der Waals surface area contributed by atoms with Crippen LogP contribution in [0.25, 0.3) is 0 Å². The van der Waals surface area contributed by atoms with Gasteiger partial charge in [0.05, 0.1) is 6.61 Å². The summed E-state index contributed by atoms with van der Waals surface area (Å²) in [5.41, 5.74) is 7.69. The van der Waals surface area contributed by atoms with Crippen LogP contribution in [0.2, 0.25) is 10.0 Å². The minimum absolute atomic E-state index is 0.0591. The van der Waals surface area contributed by atoms with Crippen LogP contribution in [0.15, 0.2) is 42.5 Å². The molecule has 1 amide bonds. The molecule has 30 heavy (non-hydrogen) atoms. The Labute approximate surface area is 189 Å². The maximum atomic E-state index is 11.3. The number of hydrogen-bond donors (Lipinski definition) is 1. The van der Waals surface area contributed by atoms with E-state index in [1.165, 1.54) is 5.56 Å². The lowest BCUT2D eigenvalue weighted by Gasteiger charge is -2.30. The smallest absolute Gasteiger partial charge is 0.220 e. The van der Waals surface area contributed by atoms with Gasteiger partial charge in [0.15, 0.2) is 0 Å². The van der Waals surface area contributed by atoms with Crippen molar-refractivity contribution in [1.29, 1.82) is 0 Å². The second-order valence-electron chi connectivity index (χ2n) is 7.92. The van der Waals surface area contributed by atoms with Gasteiger partial charge in [0.1, 0.15) is 5.75 Å². The zero-order valence-corrected chi connectivity index (χ0v) is 18.8. The quantitative estimate of drug-likeness (QED) is 0.512. The first-order valence-corrected chi connectivity index (χ1v) is 11.4. The zero-order chi connectivity index (χ0) is 21.3. The number of likely N-dealkylation sites (tertiary alicyclic amines) is 1. The van der Waals surface area contributed by atoms with Gasteiger partial charge < -0.3 is 15.4 Å². The fourth-order valence-corrected chi connectivity index (χ4v) is 4.41. The van der Waals surface area contributed by atoms with Crippen LogP contribution < -0.4 is 10.5 Å². The number of carbonyl (C=O) groups is 1. The molecule has 0 spiro atoms. The Kier molecular flexibility index (Phi) is 8.86. The van der Waals surface area contributed by atoms with Gasteiger partial charge in [-0.05, 0) is 87.5 Å². The molecule has 0 bridgehead atoms. The first-order chi connectivity index (χ1) is 14.5. The number of amides is 1. The summed E-state index contributed by atoms with van der Waals surface area (Å²) in [6.07, 6.45) is 5.58. The SMILES string of the molecule is NC(=O)C1CCN(CCCCOc2ccccc2CCc2ccc(Cl)cc2Cl)CC1. The molecule has 1 fully saturated rings. The largest absolute Gasteiger partial charge is 0.493 e. The minimum Gasteiger partial charge on any atom is -0.493 e. The zero-order valence-electron chi connectivity index (χ0n) is 17.3. The summed E-state index contributed by atoms with van der Waals surface area (Å²) in [5.74, 6) is 0.855. The molecule has 0 aromatic heterocycles. The van der Waals surface area contributed by atoms with E-state index in [4.69, 9.17) is 33.7 Å². The molecule has 162 valence electrons. The van der Waals surface area contributed by atoms with E-state index in [2.05, 4.69) is 11.0 Å². The van der Waals surface area contributed by atoms with Crippen molar-refractivity contribution in [2.45, 2.75) is 38.5 Å². The molecule has 0 aliphatic carbocycles. The number of halogens is 2. The minimum atomic E-state index is -0.153. The molecule has 0 atom stereocenters. The Bertz CT molecular complexity index is 836. The predicted octanol–water partition coefficient (Wildman–Crippen LogP) is 5.13. The summed E-state index contributed by atoms with van der Waals surface area (Å²) in [4.78, 5) is 13.7. The average Bonchev–Trinajstić information content (AvgIpc) is 2.74. The summed E-state index contributed by atoms with van der Waals surface area (Å²) in [6.45, 7) is 3.68. The summed E-state index contributed by atoms with van der Waals surface area (Å²) >= 11 is 12.3. The van der Waals surface area contributed by atoms with Crippen LogP contribution in [-0.2, 0) is 17.6 Å². The van der Waals surface area contributed by atoms with Crippen LogP contribution in [-0.4, -0.2) is 37.0 Å². The summed E-state index contributed by atoms with van der Waals surface area (Å²) < 4.78 is 6.08. The van der Waals surface area contributed by atoms with E-state index in [0.29, 0.717) is 16.7 Å². The molecular formula is C24H30Cl2N2O2. The Morgan fingerprint density at radius 2 is 1.77 bits per heavy atom. The van der Waals surface area contributed by atoms with Gasteiger partial charge >= 0.3 is 0 Å². The van der Waals surface area contributed by atoms with E-state index in [0.717, 1.165) is 69.5 Å². The van der Waals surface area contributed by atoms with Gasteiger partial charge in [0.2, 0.25) is 5.91 Å². The van der Waals surface area contributed by atoms with E-state index in [1.807, 2.05) is 30.3 Å². The number of rotatable bonds is 10. The van der Waals surface area contributed by atoms with Gasteiger partial charge in [-0.15, -0.1) is 0 Å². The molecule has 6 heteroatoms. The van der Waals surface area contributed by atoms with Crippen molar-refractivity contribution in [1.82, 2.24) is 4.90 Å². The highest BCUT2D eigenvalue weighted by molar-refractivity contribution is 6.35. The van der Waals surface area contributed by atoms with Gasteiger partial charge in [-0.1, -0.05) is 47.5 Å². The maximum Gasteiger partial charge on any atom is 0.220 e. The van der Waals surface area contributed by atoms with Gasteiger partial charge in [-0.3, -0.25) is 4.79 Å². The van der Waals surface area contributed by atoms with E-state index in [-0.39, 0.29) is 11.8 Å². The third-order valence-electron chi connectivity index (χ3n) is 5.77. The summed E-state index contributed by atoms with van der Waals surface area (Å²) in [6, 6.07) is 13.9. The van der Waals surface area contributed by atoms with Crippen molar-refractivity contribution in [3.05, 3.63) is 63.6 Å². The molecule has 0 radical (unpaired) electrons. The van der Waals surface area contributed by atoms with Crippen molar-refractivity contribution >= 4 is 29.1 Å². The highest BCUT2D eigenvalue weighted by atomic mass is 35.5. The van der Waals surface area contributed by atoms with Crippen LogP contribution in [0.4, 0.5) is 0 Å². The van der Waals surface area contributed by atoms with Crippen molar-refractivity contribution < 1.29 is 9.53 Å². The molecule has 3 rings (SSSR count). The van der Waals surface area contributed by atoms with Gasteiger partial charge in [-0.25, -0.2) is 0 Å². The third-order valence-corrected chi connectivity index (χ3v) is 6.35. The molecule has 0 unspecified atom stereocenters. The second-order valence-corrected chi connectivity index (χ2v) is 8.76. The highest BCUT2D eigenvalue weighted by Crippen LogP contribution is 2.25. The molecule has 1 aliphatic rings. The molecule has 0 saturated carbocycles. The maximum absolute atomic E-state index is 11.3.